The van der Waals surface area contributed by atoms with Crippen molar-refractivity contribution in [1.82, 2.24) is 4.90 Å². The molecule has 5 heteroatoms. The lowest BCUT2D eigenvalue weighted by Crippen LogP contribution is -2.52. The summed E-state index contributed by atoms with van der Waals surface area (Å²) in [4.78, 5) is 15.7. The van der Waals surface area contributed by atoms with Crippen molar-refractivity contribution < 1.29 is 14.6 Å². The van der Waals surface area contributed by atoms with E-state index < -0.39 is 5.41 Å². The summed E-state index contributed by atoms with van der Waals surface area (Å²) < 4.78 is 5.87. The molecule has 3 aromatic rings. The smallest absolute Gasteiger partial charge is 0.232 e. The molecule has 2 atom stereocenters. The second-order valence-corrected chi connectivity index (χ2v) is 8.83. The van der Waals surface area contributed by atoms with Crippen molar-refractivity contribution in [2.75, 3.05) is 20.2 Å². The Balaban J connectivity index is 1.60. The monoisotopic (exact) mass is 444 g/mol. The van der Waals surface area contributed by atoms with Gasteiger partial charge in [0.25, 0.3) is 0 Å². The number of phenolic OH excluding ortho intramolecular Hbond substituents is 1. The van der Waals surface area contributed by atoms with E-state index in [0.717, 1.165) is 42.7 Å². The predicted octanol–water partition coefficient (Wildman–Crippen LogP) is 4.34. The van der Waals surface area contributed by atoms with Gasteiger partial charge in [-0.1, -0.05) is 60.7 Å². The largest absolute Gasteiger partial charge is 0.508 e. The Hall–Kier alpha value is -3.31. The van der Waals surface area contributed by atoms with Gasteiger partial charge in [0, 0.05) is 6.04 Å². The Morgan fingerprint density at radius 3 is 2.12 bits per heavy atom. The molecular formula is C28H32N2O3. The van der Waals surface area contributed by atoms with Crippen molar-refractivity contribution in [3.8, 4) is 11.5 Å². The summed E-state index contributed by atoms with van der Waals surface area (Å²) >= 11 is 0. The van der Waals surface area contributed by atoms with Gasteiger partial charge in [-0.05, 0) is 74.2 Å². The number of ether oxygens (including phenoxy) is 1. The summed E-state index contributed by atoms with van der Waals surface area (Å²) in [5, 5.41) is 9.44. The second kappa shape index (κ2) is 10.1. The maximum atomic E-state index is 13.4. The lowest BCUT2D eigenvalue weighted by Gasteiger charge is -2.41. The van der Waals surface area contributed by atoms with Crippen molar-refractivity contribution in [1.29, 1.82) is 0 Å². The van der Waals surface area contributed by atoms with E-state index in [1.54, 1.807) is 24.3 Å². The molecule has 0 unspecified atom stereocenters. The molecule has 0 aromatic heterocycles. The van der Waals surface area contributed by atoms with Crippen LogP contribution in [0.5, 0.6) is 11.5 Å². The molecule has 0 aliphatic carbocycles. The molecule has 1 aliphatic heterocycles. The number of carbonyl (C=O) groups is 1. The zero-order chi connectivity index (χ0) is 23.3. The van der Waals surface area contributed by atoms with E-state index in [1.807, 2.05) is 60.7 Å². The highest BCUT2D eigenvalue weighted by Crippen LogP contribution is 2.47. The molecule has 172 valence electrons. The maximum absolute atomic E-state index is 13.4. The van der Waals surface area contributed by atoms with Crippen LogP contribution in [0, 0.1) is 5.92 Å². The van der Waals surface area contributed by atoms with Gasteiger partial charge in [0.15, 0.2) is 0 Å². The number of hydrogen-bond acceptors (Lipinski definition) is 4. The van der Waals surface area contributed by atoms with Crippen molar-refractivity contribution in [2.24, 2.45) is 11.7 Å². The first-order valence-corrected chi connectivity index (χ1v) is 11.6. The van der Waals surface area contributed by atoms with Gasteiger partial charge in [0.2, 0.25) is 5.91 Å². The highest BCUT2D eigenvalue weighted by Gasteiger charge is 2.52. The number of primary amides is 1. The normalized spacial score (nSPS) is 18.8. The van der Waals surface area contributed by atoms with Crippen LogP contribution >= 0.6 is 0 Å². The molecule has 0 radical (unpaired) electrons. The summed E-state index contributed by atoms with van der Waals surface area (Å²) in [5.74, 6) is 0.718. The van der Waals surface area contributed by atoms with Crippen LogP contribution in [-0.4, -0.2) is 42.2 Å². The van der Waals surface area contributed by atoms with Crippen LogP contribution in [0.15, 0.2) is 84.9 Å². The fourth-order valence-electron chi connectivity index (χ4n) is 5.42. The van der Waals surface area contributed by atoms with Gasteiger partial charge >= 0.3 is 0 Å². The maximum Gasteiger partial charge on any atom is 0.232 e. The third-order valence-corrected chi connectivity index (χ3v) is 6.98. The van der Waals surface area contributed by atoms with Crippen LogP contribution in [0.3, 0.4) is 0 Å². The third-order valence-electron chi connectivity index (χ3n) is 6.98. The average molecular weight is 445 g/mol. The fourth-order valence-corrected chi connectivity index (χ4v) is 5.42. The number of benzene rings is 3. The molecule has 0 saturated carbocycles. The zero-order valence-electron chi connectivity index (χ0n) is 19.1. The quantitative estimate of drug-likeness (QED) is 0.482. The number of rotatable bonds is 9. The minimum atomic E-state index is -0.893. The first kappa shape index (κ1) is 22.9. The number of carbonyl (C=O) groups excluding carboxylic acids is 1. The molecule has 1 saturated heterocycles. The fraction of sp³-hybridized carbons (Fsp3) is 0.321. The van der Waals surface area contributed by atoms with Crippen molar-refractivity contribution in [3.63, 3.8) is 0 Å². The Labute approximate surface area is 195 Å². The van der Waals surface area contributed by atoms with Crippen LogP contribution in [0.4, 0.5) is 0 Å². The van der Waals surface area contributed by atoms with Crippen LogP contribution in [0.25, 0.3) is 0 Å². The van der Waals surface area contributed by atoms with E-state index in [0.29, 0.717) is 6.61 Å². The van der Waals surface area contributed by atoms with Gasteiger partial charge in [-0.25, -0.2) is 0 Å². The van der Waals surface area contributed by atoms with Crippen LogP contribution in [0.1, 0.15) is 30.4 Å². The molecule has 1 aliphatic rings. The van der Waals surface area contributed by atoms with Crippen LogP contribution < -0.4 is 10.5 Å². The van der Waals surface area contributed by atoms with E-state index in [2.05, 4.69) is 11.9 Å². The summed E-state index contributed by atoms with van der Waals surface area (Å²) in [6.07, 6.45) is 2.64. The van der Waals surface area contributed by atoms with Gasteiger partial charge < -0.3 is 20.5 Å². The van der Waals surface area contributed by atoms with E-state index in [-0.39, 0.29) is 23.6 Å². The summed E-state index contributed by atoms with van der Waals surface area (Å²) in [7, 11) is 2.13. The molecule has 0 bridgehead atoms. The topological polar surface area (TPSA) is 75.8 Å². The van der Waals surface area contributed by atoms with E-state index in [1.165, 1.54) is 0 Å². The van der Waals surface area contributed by atoms with Gasteiger partial charge in [-0.2, -0.15) is 0 Å². The van der Waals surface area contributed by atoms with Crippen molar-refractivity contribution >= 4 is 5.91 Å². The minimum Gasteiger partial charge on any atom is -0.508 e. The average Bonchev–Trinajstić information content (AvgIpc) is 3.20. The second-order valence-electron chi connectivity index (χ2n) is 8.83. The Bertz CT molecular complexity index is 998. The number of likely N-dealkylation sites (tertiary alicyclic amines) is 1. The molecule has 1 heterocycles. The van der Waals surface area contributed by atoms with Gasteiger partial charge in [-0.15, -0.1) is 0 Å². The summed E-state index contributed by atoms with van der Waals surface area (Å²) in [6, 6.07) is 27.0. The molecule has 1 fully saturated rings. The van der Waals surface area contributed by atoms with E-state index in [4.69, 9.17) is 10.5 Å². The first-order chi connectivity index (χ1) is 16.0. The number of aromatic hydroxyl groups is 1. The van der Waals surface area contributed by atoms with Gasteiger partial charge in [0.1, 0.15) is 16.9 Å². The standard InChI is InChI=1S/C28H32N2O3/c1-30-19-18-25(26(30)13-8-20-33-24-16-14-23(31)15-17-24)28(27(29)32,21-9-4-2-5-10-21)22-11-6-3-7-12-22/h2-7,9-12,14-17,25-26,31H,8,13,18-20H2,1H3,(H2,29,32)/t25-,26+/m1/s1. The van der Waals surface area contributed by atoms with Gasteiger partial charge in [-0.3, -0.25) is 4.79 Å². The molecule has 3 aromatic carbocycles. The third kappa shape index (κ3) is 4.60. The SMILES string of the molecule is CN1CC[C@@H](C(C(N)=O)(c2ccccc2)c2ccccc2)[C@@H]1CCCOc1ccc(O)cc1. The van der Waals surface area contributed by atoms with E-state index >= 15 is 0 Å². The molecule has 33 heavy (non-hydrogen) atoms. The molecule has 3 N–H and O–H groups in total. The highest BCUT2D eigenvalue weighted by atomic mass is 16.5. The summed E-state index contributed by atoms with van der Waals surface area (Å²) in [6.45, 7) is 1.49. The number of nitrogens with two attached hydrogens (primary N) is 1. The van der Waals surface area contributed by atoms with E-state index in [9.17, 15) is 9.90 Å². The van der Waals surface area contributed by atoms with Crippen molar-refractivity contribution in [2.45, 2.75) is 30.7 Å². The highest BCUT2D eigenvalue weighted by molar-refractivity contribution is 5.91. The Morgan fingerprint density at radius 2 is 1.58 bits per heavy atom. The van der Waals surface area contributed by atoms with Gasteiger partial charge in [0.05, 0.1) is 6.61 Å². The number of nitrogens with zero attached hydrogens (tertiary/aromatic N) is 1. The molecule has 0 spiro atoms. The lowest BCUT2D eigenvalue weighted by molar-refractivity contribution is -0.124. The van der Waals surface area contributed by atoms with Crippen molar-refractivity contribution in [3.05, 3.63) is 96.1 Å². The minimum absolute atomic E-state index is 0.0541. The zero-order valence-corrected chi connectivity index (χ0v) is 19.1. The molecule has 5 nitrogen and oxygen atoms in total. The molecule has 1 amide bonds. The Morgan fingerprint density at radius 1 is 1.00 bits per heavy atom. The Kier molecular flexibility index (Phi) is 6.99. The first-order valence-electron chi connectivity index (χ1n) is 11.6. The number of hydrogen-bond donors (Lipinski definition) is 2. The van der Waals surface area contributed by atoms with Crippen LogP contribution in [-0.2, 0) is 10.2 Å². The number of phenols is 1. The number of amides is 1. The van der Waals surface area contributed by atoms with Crippen LogP contribution in [0.2, 0.25) is 0 Å². The molecular weight excluding hydrogens is 412 g/mol. The lowest BCUT2D eigenvalue weighted by atomic mass is 9.62. The summed E-state index contributed by atoms with van der Waals surface area (Å²) in [5.41, 5.74) is 7.28. The predicted molar refractivity (Wildman–Crippen MR) is 130 cm³/mol. The molecule has 4 rings (SSSR count).